The zero-order valence-electron chi connectivity index (χ0n) is 12.3. The molecule has 0 aliphatic carbocycles. The van der Waals surface area contributed by atoms with Crippen molar-refractivity contribution in [3.05, 3.63) is 24.3 Å². The van der Waals surface area contributed by atoms with Crippen molar-refractivity contribution >= 4 is 15.7 Å². The number of anilines is 1. The Bertz CT molecular complexity index is 525. The smallest absolute Gasteiger partial charge is 0.240 e. The molecule has 21 heavy (non-hydrogen) atoms. The van der Waals surface area contributed by atoms with Crippen LogP contribution in [-0.4, -0.2) is 47.3 Å². The Morgan fingerprint density at radius 1 is 1.33 bits per heavy atom. The fourth-order valence-corrected chi connectivity index (χ4v) is 3.20. The Kier molecular flexibility index (Phi) is 5.98. The normalized spacial score (nSPS) is 19.4. The number of nitrogens with one attached hydrogen (secondary N) is 3. The topological polar surface area (TPSA) is 79.5 Å². The van der Waals surface area contributed by atoms with Gasteiger partial charge in [0.1, 0.15) is 0 Å². The van der Waals surface area contributed by atoms with Gasteiger partial charge in [0.25, 0.3) is 0 Å². The van der Waals surface area contributed by atoms with E-state index in [1.165, 1.54) is 0 Å². The lowest BCUT2D eigenvalue weighted by molar-refractivity contribution is 0.0806. The second-order valence-corrected chi connectivity index (χ2v) is 6.80. The van der Waals surface area contributed by atoms with Crippen molar-refractivity contribution in [3.63, 3.8) is 0 Å². The molecule has 6 nitrogen and oxygen atoms in total. The molecule has 1 aliphatic rings. The molecule has 0 bridgehead atoms. The Balaban J connectivity index is 1.89. The molecule has 1 aromatic rings. The van der Waals surface area contributed by atoms with Gasteiger partial charge in [0, 0.05) is 31.4 Å². The number of rotatable bonds is 7. The van der Waals surface area contributed by atoms with Gasteiger partial charge in [-0.3, -0.25) is 0 Å². The van der Waals surface area contributed by atoms with Gasteiger partial charge in [0.2, 0.25) is 10.0 Å². The number of benzene rings is 1. The summed E-state index contributed by atoms with van der Waals surface area (Å²) in [7, 11) is -3.38. The van der Waals surface area contributed by atoms with Crippen LogP contribution in [0.2, 0.25) is 0 Å². The van der Waals surface area contributed by atoms with E-state index in [2.05, 4.69) is 15.4 Å². The van der Waals surface area contributed by atoms with Crippen LogP contribution in [0.25, 0.3) is 0 Å². The molecule has 1 heterocycles. The number of ether oxygens (including phenoxy) is 1. The zero-order valence-corrected chi connectivity index (χ0v) is 13.1. The van der Waals surface area contributed by atoms with Crippen LogP contribution in [0.5, 0.6) is 0 Å². The van der Waals surface area contributed by atoms with E-state index in [0.29, 0.717) is 18.0 Å². The number of morpholine rings is 1. The number of sulfonamides is 1. The zero-order chi connectivity index (χ0) is 15.1. The quantitative estimate of drug-likeness (QED) is 0.693. The molecule has 1 fully saturated rings. The number of hydrogen-bond acceptors (Lipinski definition) is 5. The molecule has 1 aliphatic heterocycles. The van der Waals surface area contributed by atoms with Crippen molar-refractivity contribution in [2.45, 2.75) is 24.3 Å². The van der Waals surface area contributed by atoms with Crippen molar-refractivity contribution in [1.82, 2.24) is 10.0 Å². The molecule has 1 unspecified atom stereocenters. The molecule has 0 amide bonds. The predicted molar refractivity (Wildman–Crippen MR) is 83.0 cm³/mol. The second-order valence-electron chi connectivity index (χ2n) is 5.03. The minimum Gasteiger partial charge on any atom is -0.383 e. The molecule has 0 radical (unpaired) electrons. The van der Waals surface area contributed by atoms with Gasteiger partial charge in [-0.25, -0.2) is 13.1 Å². The lowest BCUT2D eigenvalue weighted by Crippen LogP contribution is -2.45. The molecule has 0 saturated carbocycles. The van der Waals surface area contributed by atoms with Crippen molar-refractivity contribution in [1.29, 1.82) is 0 Å². The summed E-state index contributed by atoms with van der Waals surface area (Å²) >= 11 is 0. The summed E-state index contributed by atoms with van der Waals surface area (Å²) in [5.74, 6) is 0. The Morgan fingerprint density at radius 2 is 2.10 bits per heavy atom. The van der Waals surface area contributed by atoms with Crippen molar-refractivity contribution in [2.75, 3.05) is 38.2 Å². The lowest BCUT2D eigenvalue weighted by atomic mass is 10.2. The first-order chi connectivity index (χ1) is 10.1. The fraction of sp³-hybridized carbons (Fsp3) is 0.571. The van der Waals surface area contributed by atoms with Crippen LogP contribution in [0.1, 0.15) is 13.3 Å². The van der Waals surface area contributed by atoms with E-state index in [0.717, 1.165) is 31.8 Å². The van der Waals surface area contributed by atoms with E-state index in [-0.39, 0.29) is 6.04 Å². The maximum Gasteiger partial charge on any atom is 0.240 e. The molecule has 1 aromatic carbocycles. The molecule has 3 N–H and O–H groups in total. The molecule has 1 saturated heterocycles. The van der Waals surface area contributed by atoms with Gasteiger partial charge in [-0.2, -0.15) is 0 Å². The van der Waals surface area contributed by atoms with E-state index in [1.807, 2.05) is 6.92 Å². The summed E-state index contributed by atoms with van der Waals surface area (Å²) in [5.41, 5.74) is 0.900. The highest BCUT2D eigenvalue weighted by Crippen LogP contribution is 2.14. The van der Waals surface area contributed by atoms with Gasteiger partial charge in [0.05, 0.1) is 18.1 Å². The highest BCUT2D eigenvalue weighted by molar-refractivity contribution is 7.89. The highest BCUT2D eigenvalue weighted by Gasteiger charge is 2.14. The summed E-state index contributed by atoms with van der Waals surface area (Å²) < 4.78 is 31.8. The number of hydrogen-bond donors (Lipinski definition) is 3. The first kappa shape index (κ1) is 16.2. The predicted octanol–water partition coefficient (Wildman–Crippen LogP) is 0.775. The van der Waals surface area contributed by atoms with E-state index in [4.69, 9.17) is 4.74 Å². The van der Waals surface area contributed by atoms with Crippen molar-refractivity contribution in [3.8, 4) is 0 Å². The standard InChI is InChI=1S/C14H23N3O3S/c1-2-7-17-21(18,19)14-5-3-12(4-6-14)16-10-13-11-20-9-8-15-13/h3-6,13,15-17H,2,7-11H2,1H3. The van der Waals surface area contributed by atoms with Crippen LogP contribution >= 0.6 is 0 Å². The van der Waals surface area contributed by atoms with E-state index in [1.54, 1.807) is 24.3 Å². The summed E-state index contributed by atoms with van der Waals surface area (Å²) in [6, 6.07) is 7.08. The van der Waals surface area contributed by atoms with Gasteiger partial charge < -0.3 is 15.4 Å². The van der Waals surface area contributed by atoms with Gasteiger partial charge in [-0.15, -0.1) is 0 Å². The molecule has 0 spiro atoms. The first-order valence-electron chi connectivity index (χ1n) is 7.26. The second kappa shape index (κ2) is 7.74. The minimum absolute atomic E-state index is 0.286. The maximum atomic E-state index is 11.9. The molecule has 7 heteroatoms. The highest BCUT2D eigenvalue weighted by atomic mass is 32.2. The van der Waals surface area contributed by atoms with Crippen LogP contribution in [-0.2, 0) is 14.8 Å². The summed E-state index contributed by atoms with van der Waals surface area (Å²) in [4.78, 5) is 0.292. The van der Waals surface area contributed by atoms with Gasteiger partial charge in [-0.1, -0.05) is 6.92 Å². The third-order valence-corrected chi connectivity index (χ3v) is 4.73. The van der Waals surface area contributed by atoms with Gasteiger partial charge >= 0.3 is 0 Å². The monoisotopic (exact) mass is 313 g/mol. The Labute approximate surface area is 126 Å². The van der Waals surface area contributed by atoms with Crippen molar-refractivity contribution in [2.24, 2.45) is 0 Å². The molecular formula is C14H23N3O3S. The molecule has 1 atom stereocenters. The molecule has 0 aromatic heterocycles. The SMILES string of the molecule is CCCNS(=O)(=O)c1ccc(NCC2COCCN2)cc1. The third-order valence-electron chi connectivity index (χ3n) is 3.26. The van der Waals surface area contributed by atoms with E-state index < -0.39 is 10.0 Å². The van der Waals surface area contributed by atoms with Gasteiger partial charge in [-0.05, 0) is 30.7 Å². The molecule has 118 valence electrons. The van der Waals surface area contributed by atoms with Crippen LogP contribution in [0.4, 0.5) is 5.69 Å². The summed E-state index contributed by atoms with van der Waals surface area (Å²) in [6.45, 7) is 5.45. The fourth-order valence-electron chi connectivity index (χ4n) is 2.06. The average Bonchev–Trinajstić information content (AvgIpc) is 2.52. The van der Waals surface area contributed by atoms with Crippen LogP contribution in [0, 0.1) is 0 Å². The Hall–Kier alpha value is -1.15. The average molecular weight is 313 g/mol. The summed E-state index contributed by atoms with van der Waals surface area (Å²) in [5, 5.41) is 6.63. The van der Waals surface area contributed by atoms with Crippen LogP contribution < -0.4 is 15.4 Å². The largest absolute Gasteiger partial charge is 0.383 e. The maximum absolute atomic E-state index is 11.9. The van der Waals surface area contributed by atoms with Crippen LogP contribution in [0.15, 0.2) is 29.2 Å². The summed E-state index contributed by atoms with van der Waals surface area (Å²) in [6.07, 6.45) is 0.773. The van der Waals surface area contributed by atoms with E-state index in [9.17, 15) is 8.42 Å². The van der Waals surface area contributed by atoms with E-state index >= 15 is 0 Å². The lowest BCUT2D eigenvalue weighted by Gasteiger charge is -2.24. The van der Waals surface area contributed by atoms with Gasteiger partial charge in [0.15, 0.2) is 0 Å². The minimum atomic E-state index is -3.38. The van der Waals surface area contributed by atoms with Crippen molar-refractivity contribution < 1.29 is 13.2 Å². The molecular weight excluding hydrogens is 290 g/mol. The third kappa shape index (κ3) is 4.96. The molecule has 2 rings (SSSR count). The van der Waals surface area contributed by atoms with Crippen LogP contribution in [0.3, 0.4) is 0 Å². The first-order valence-corrected chi connectivity index (χ1v) is 8.75. The Morgan fingerprint density at radius 3 is 2.71 bits per heavy atom.